The van der Waals surface area contributed by atoms with E-state index in [1.54, 1.807) is 38.6 Å². The van der Waals surface area contributed by atoms with Gasteiger partial charge < -0.3 is 14.2 Å². The maximum atomic E-state index is 12.5. The van der Waals surface area contributed by atoms with Crippen LogP contribution in [-0.4, -0.2) is 30.1 Å². The van der Waals surface area contributed by atoms with E-state index in [0.29, 0.717) is 33.7 Å². The third-order valence-corrected chi connectivity index (χ3v) is 6.26. The minimum Gasteiger partial charge on any atom is -0.493 e. The Morgan fingerprint density at radius 3 is 2.41 bits per heavy atom. The first kappa shape index (κ1) is 21.7. The Labute approximate surface area is 200 Å². The standard InChI is InChI=1S/C26H21N3O4S/c1-15-4-6-16(7-5-15)25(30)29-26-28-19-9-8-17(12-24(19)34-26)33-21-10-11-27-20-14-23(32-3)22(31-2)13-18(20)21/h4-14H,1-3H3,(H,28,29,30). The molecule has 2 heterocycles. The number of aryl methyl sites for hydroxylation is 1. The Morgan fingerprint density at radius 1 is 0.882 bits per heavy atom. The lowest BCUT2D eigenvalue weighted by Crippen LogP contribution is -2.11. The molecule has 0 unspecified atom stereocenters. The Bertz CT molecular complexity index is 1510. The van der Waals surface area contributed by atoms with Gasteiger partial charge in [-0.1, -0.05) is 29.0 Å². The summed E-state index contributed by atoms with van der Waals surface area (Å²) in [5.41, 5.74) is 3.20. The first-order valence-electron chi connectivity index (χ1n) is 10.5. The molecular weight excluding hydrogens is 450 g/mol. The molecule has 34 heavy (non-hydrogen) atoms. The number of rotatable bonds is 6. The van der Waals surface area contributed by atoms with E-state index in [0.717, 1.165) is 26.7 Å². The smallest absolute Gasteiger partial charge is 0.257 e. The van der Waals surface area contributed by atoms with Gasteiger partial charge in [0.15, 0.2) is 16.6 Å². The van der Waals surface area contributed by atoms with Gasteiger partial charge in [-0.3, -0.25) is 15.1 Å². The van der Waals surface area contributed by atoms with E-state index in [4.69, 9.17) is 14.2 Å². The first-order chi connectivity index (χ1) is 16.5. The van der Waals surface area contributed by atoms with Crippen LogP contribution < -0.4 is 19.5 Å². The van der Waals surface area contributed by atoms with Crippen molar-refractivity contribution in [2.24, 2.45) is 0 Å². The van der Waals surface area contributed by atoms with E-state index in [1.165, 1.54) is 11.3 Å². The van der Waals surface area contributed by atoms with E-state index in [1.807, 2.05) is 49.4 Å². The van der Waals surface area contributed by atoms with Gasteiger partial charge in [0.2, 0.25) is 0 Å². The summed E-state index contributed by atoms with van der Waals surface area (Å²) in [4.78, 5) is 21.5. The second-order valence-electron chi connectivity index (χ2n) is 7.60. The zero-order valence-corrected chi connectivity index (χ0v) is 19.6. The summed E-state index contributed by atoms with van der Waals surface area (Å²) in [5, 5.41) is 4.21. The molecule has 3 aromatic carbocycles. The number of aromatic nitrogens is 2. The molecule has 170 valence electrons. The molecule has 0 saturated carbocycles. The average Bonchev–Trinajstić information content (AvgIpc) is 3.25. The number of pyridine rings is 1. The number of hydrogen-bond acceptors (Lipinski definition) is 7. The number of methoxy groups -OCH3 is 2. The Kier molecular flexibility index (Phi) is 5.73. The van der Waals surface area contributed by atoms with Crippen LogP contribution in [0.2, 0.25) is 0 Å². The molecule has 0 radical (unpaired) electrons. The molecule has 0 aliphatic heterocycles. The molecule has 7 nitrogen and oxygen atoms in total. The van der Waals surface area contributed by atoms with E-state index in [-0.39, 0.29) is 5.91 Å². The summed E-state index contributed by atoms with van der Waals surface area (Å²) in [6.07, 6.45) is 1.69. The van der Waals surface area contributed by atoms with Crippen molar-refractivity contribution >= 4 is 43.5 Å². The molecule has 0 atom stereocenters. The first-order valence-corrected chi connectivity index (χ1v) is 11.3. The molecule has 0 bridgehead atoms. The van der Waals surface area contributed by atoms with Crippen molar-refractivity contribution in [3.05, 3.63) is 78.0 Å². The molecule has 0 saturated heterocycles. The Balaban J connectivity index is 1.41. The monoisotopic (exact) mass is 471 g/mol. The van der Waals surface area contributed by atoms with Gasteiger partial charge in [0.1, 0.15) is 11.5 Å². The van der Waals surface area contributed by atoms with Gasteiger partial charge in [0, 0.05) is 29.3 Å². The fraction of sp³-hybridized carbons (Fsp3) is 0.115. The number of carbonyl (C=O) groups is 1. The van der Waals surface area contributed by atoms with E-state index in [9.17, 15) is 4.79 Å². The molecule has 0 aliphatic carbocycles. The lowest BCUT2D eigenvalue weighted by molar-refractivity contribution is 0.102. The average molecular weight is 472 g/mol. The maximum Gasteiger partial charge on any atom is 0.257 e. The van der Waals surface area contributed by atoms with Crippen LogP contribution in [0.1, 0.15) is 15.9 Å². The van der Waals surface area contributed by atoms with Crippen LogP contribution in [-0.2, 0) is 0 Å². The van der Waals surface area contributed by atoms with Crippen LogP contribution in [0.3, 0.4) is 0 Å². The summed E-state index contributed by atoms with van der Waals surface area (Å²) < 4.78 is 17.9. The number of benzene rings is 3. The van der Waals surface area contributed by atoms with Crippen molar-refractivity contribution in [3.8, 4) is 23.0 Å². The van der Waals surface area contributed by atoms with Crippen LogP contribution >= 0.6 is 11.3 Å². The molecule has 5 rings (SSSR count). The number of fused-ring (bicyclic) bond motifs is 2. The number of thiazole rings is 1. The third-order valence-electron chi connectivity index (χ3n) is 5.33. The van der Waals surface area contributed by atoms with Gasteiger partial charge in [0.25, 0.3) is 5.91 Å². The molecule has 8 heteroatoms. The van der Waals surface area contributed by atoms with Crippen molar-refractivity contribution < 1.29 is 19.0 Å². The number of amides is 1. The van der Waals surface area contributed by atoms with Crippen LogP contribution in [0, 0.1) is 6.92 Å². The molecule has 1 N–H and O–H groups in total. The van der Waals surface area contributed by atoms with Crippen molar-refractivity contribution in [1.29, 1.82) is 0 Å². The highest BCUT2D eigenvalue weighted by Crippen LogP contribution is 2.38. The number of carbonyl (C=O) groups excluding carboxylic acids is 1. The van der Waals surface area contributed by atoms with E-state index in [2.05, 4.69) is 15.3 Å². The Morgan fingerprint density at radius 2 is 1.65 bits per heavy atom. The lowest BCUT2D eigenvalue weighted by Gasteiger charge is -2.12. The van der Waals surface area contributed by atoms with Crippen LogP contribution in [0.4, 0.5) is 5.13 Å². The van der Waals surface area contributed by atoms with E-state index < -0.39 is 0 Å². The fourth-order valence-electron chi connectivity index (χ4n) is 3.56. The second-order valence-corrected chi connectivity index (χ2v) is 8.63. The van der Waals surface area contributed by atoms with Gasteiger partial charge in [-0.2, -0.15) is 0 Å². The topological polar surface area (TPSA) is 82.6 Å². The minimum absolute atomic E-state index is 0.192. The summed E-state index contributed by atoms with van der Waals surface area (Å²) in [7, 11) is 3.18. The molecule has 0 aliphatic rings. The van der Waals surface area contributed by atoms with Crippen molar-refractivity contribution in [2.75, 3.05) is 19.5 Å². The van der Waals surface area contributed by atoms with Crippen molar-refractivity contribution in [3.63, 3.8) is 0 Å². The normalized spacial score (nSPS) is 10.9. The number of anilines is 1. The summed E-state index contributed by atoms with van der Waals surface area (Å²) in [5.74, 6) is 2.30. The molecule has 0 fully saturated rings. The molecular formula is C26H21N3O4S. The number of nitrogens with one attached hydrogen (secondary N) is 1. The van der Waals surface area contributed by atoms with Crippen molar-refractivity contribution in [1.82, 2.24) is 9.97 Å². The van der Waals surface area contributed by atoms with Crippen LogP contribution in [0.25, 0.3) is 21.1 Å². The number of hydrogen-bond donors (Lipinski definition) is 1. The van der Waals surface area contributed by atoms with Gasteiger partial charge in [-0.15, -0.1) is 0 Å². The molecule has 5 aromatic rings. The van der Waals surface area contributed by atoms with Crippen molar-refractivity contribution in [2.45, 2.75) is 6.92 Å². The predicted octanol–water partition coefficient (Wildman–Crippen LogP) is 6.21. The number of nitrogens with zero attached hydrogens (tertiary/aromatic N) is 2. The van der Waals surface area contributed by atoms with Gasteiger partial charge in [-0.05, 0) is 43.3 Å². The van der Waals surface area contributed by atoms with Crippen LogP contribution in [0.5, 0.6) is 23.0 Å². The lowest BCUT2D eigenvalue weighted by atomic mass is 10.1. The highest BCUT2D eigenvalue weighted by molar-refractivity contribution is 7.22. The molecule has 2 aromatic heterocycles. The van der Waals surface area contributed by atoms with Gasteiger partial charge >= 0.3 is 0 Å². The SMILES string of the molecule is COc1cc2nccc(Oc3ccc4nc(NC(=O)c5ccc(C)cc5)sc4c3)c2cc1OC. The Hall–Kier alpha value is -4.17. The van der Waals surface area contributed by atoms with E-state index >= 15 is 0 Å². The second kappa shape index (κ2) is 8.99. The zero-order valence-electron chi connectivity index (χ0n) is 18.8. The summed E-state index contributed by atoms with van der Waals surface area (Å²) >= 11 is 1.39. The zero-order chi connectivity index (χ0) is 23.7. The predicted molar refractivity (Wildman–Crippen MR) is 134 cm³/mol. The minimum atomic E-state index is -0.192. The maximum absolute atomic E-state index is 12.5. The highest BCUT2D eigenvalue weighted by atomic mass is 32.1. The number of ether oxygens (including phenoxy) is 3. The third kappa shape index (κ3) is 4.23. The van der Waals surface area contributed by atoms with Gasteiger partial charge in [0.05, 0.1) is 30.0 Å². The van der Waals surface area contributed by atoms with Crippen LogP contribution in [0.15, 0.2) is 66.9 Å². The summed E-state index contributed by atoms with van der Waals surface area (Å²) in [6.45, 7) is 1.98. The largest absolute Gasteiger partial charge is 0.493 e. The fourth-order valence-corrected chi connectivity index (χ4v) is 4.45. The highest BCUT2D eigenvalue weighted by Gasteiger charge is 2.13. The molecule has 1 amide bonds. The summed E-state index contributed by atoms with van der Waals surface area (Å²) in [6, 6.07) is 18.5. The molecule has 0 spiro atoms. The van der Waals surface area contributed by atoms with Gasteiger partial charge in [-0.25, -0.2) is 4.98 Å². The quantitative estimate of drug-likeness (QED) is 0.317.